The highest BCUT2D eigenvalue weighted by Gasteiger charge is 2.42. The molecule has 1 atom stereocenters. The molecule has 1 aromatic heterocycles. The summed E-state index contributed by atoms with van der Waals surface area (Å²) in [5.74, 6) is -1.31. The van der Waals surface area contributed by atoms with Crippen molar-refractivity contribution < 1.29 is 28.2 Å². The molecule has 4 N–H and O–H groups in total. The number of hydrogen-bond acceptors (Lipinski definition) is 7. The van der Waals surface area contributed by atoms with Crippen molar-refractivity contribution in [1.82, 2.24) is 19.6 Å². The number of unbranched alkanes of at least 4 members (excludes halogenated alkanes) is 3. The van der Waals surface area contributed by atoms with E-state index in [-0.39, 0.29) is 30.1 Å². The molecule has 238 valence electrons. The molecule has 1 heterocycles. The molecule has 0 aliphatic carbocycles. The van der Waals surface area contributed by atoms with E-state index in [9.17, 15) is 28.2 Å². The van der Waals surface area contributed by atoms with Gasteiger partial charge in [-0.15, -0.1) is 11.8 Å². The molecule has 45 heavy (non-hydrogen) atoms. The summed E-state index contributed by atoms with van der Waals surface area (Å²) in [6, 6.07) is 21.9. The predicted molar refractivity (Wildman–Crippen MR) is 174 cm³/mol. The molecule has 0 bridgehead atoms. The van der Waals surface area contributed by atoms with Crippen LogP contribution in [0, 0.1) is 0 Å². The SMILES string of the molecule is CCCCCCC(O)(C(=O)O)c1c(SC)ncn1Cc1ccc(-c2ccccc2S(=O)(=O)NC(=O)NCc2ccccc2)cc1. The van der Waals surface area contributed by atoms with Crippen molar-refractivity contribution >= 4 is 33.8 Å². The average molecular weight is 651 g/mol. The average Bonchev–Trinajstić information content (AvgIpc) is 3.45. The smallest absolute Gasteiger partial charge is 0.342 e. The zero-order valence-corrected chi connectivity index (χ0v) is 26.9. The van der Waals surface area contributed by atoms with Crippen LogP contribution < -0.4 is 10.0 Å². The molecule has 3 aromatic carbocycles. The van der Waals surface area contributed by atoms with Crippen molar-refractivity contribution in [2.45, 2.75) is 67.6 Å². The number of aliphatic hydroxyl groups is 1. The van der Waals surface area contributed by atoms with E-state index in [1.807, 2.05) is 42.5 Å². The first kappa shape index (κ1) is 33.8. The Morgan fingerprint density at radius 2 is 1.62 bits per heavy atom. The van der Waals surface area contributed by atoms with E-state index < -0.39 is 27.6 Å². The van der Waals surface area contributed by atoms with E-state index in [2.05, 4.69) is 21.9 Å². The van der Waals surface area contributed by atoms with Crippen molar-refractivity contribution in [3.8, 4) is 11.1 Å². The lowest BCUT2D eigenvalue weighted by Crippen LogP contribution is -2.39. The van der Waals surface area contributed by atoms with Gasteiger partial charge < -0.3 is 20.1 Å². The molecule has 4 rings (SSSR count). The van der Waals surface area contributed by atoms with E-state index in [1.54, 1.807) is 41.2 Å². The van der Waals surface area contributed by atoms with Gasteiger partial charge in [0.15, 0.2) is 0 Å². The fourth-order valence-corrected chi connectivity index (χ4v) is 6.89. The largest absolute Gasteiger partial charge is 0.479 e. The van der Waals surface area contributed by atoms with Gasteiger partial charge >= 0.3 is 12.0 Å². The monoisotopic (exact) mass is 650 g/mol. The lowest BCUT2D eigenvalue weighted by molar-refractivity contribution is -0.161. The molecule has 0 aliphatic heterocycles. The first-order valence-corrected chi connectivity index (χ1v) is 17.4. The number of benzene rings is 3. The van der Waals surface area contributed by atoms with Gasteiger partial charge in [-0.1, -0.05) is 99.0 Å². The van der Waals surface area contributed by atoms with Crippen molar-refractivity contribution in [1.29, 1.82) is 0 Å². The molecule has 0 spiro atoms. The number of hydrogen-bond donors (Lipinski definition) is 4. The molecule has 2 amide bonds. The summed E-state index contributed by atoms with van der Waals surface area (Å²) >= 11 is 1.28. The van der Waals surface area contributed by atoms with Gasteiger partial charge in [0.2, 0.25) is 5.60 Å². The molecule has 12 heteroatoms. The van der Waals surface area contributed by atoms with Crippen LogP contribution in [0.5, 0.6) is 0 Å². The van der Waals surface area contributed by atoms with E-state index in [0.29, 0.717) is 22.6 Å². The fraction of sp³-hybridized carbons (Fsp3) is 0.303. The third kappa shape index (κ3) is 8.33. The standard InChI is InChI=1S/C33H38N4O6S2/c1-3-4-5-11-20-33(41,31(38)39)29-30(44-2)35-23-37(29)22-25-16-18-26(19-17-25)27-14-9-10-15-28(27)45(42,43)36-32(40)34-21-24-12-7-6-8-13-24/h6-10,12-19,23,41H,3-5,11,20-22H2,1-2H3,(H,38,39)(H2,34,36,40). The van der Waals surface area contributed by atoms with E-state index in [1.165, 1.54) is 24.2 Å². The van der Waals surface area contributed by atoms with Crippen LogP contribution in [0.25, 0.3) is 11.1 Å². The number of rotatable bonds is 15. The van der Waals surface area contributed by atoms with Crippen LogP contribution >= 0.6 is 11.8 Å². The van der Waals surface area contributed by atoms with Gasteiger partial charge in [-0.25, -0.2) is 27.7 Å². The van der Waals surface area contributed by atoms with Gasteiger partial charge in [0, 0.05) is 18.7 Å². The van der Waals surface area contributed by atoms with Crippen molar-refractivity contribution in [2.24, 2.45) is 0 Å². The zero-order chi connectivity index (χ0) is 32.5. The first-order valence-electron chi connectivity index (χ1n) is 14.7. The van der Waals surface area contributed by atoms with Crippen LogP contribution in [0.15, 0.2) is 95.1 Å². The summed E-state index contributed by atoms with van der Waals surface area (Å²) in [7, 11) is -4.20. The number of amides is 2. The van der Waals surface area contributed by atoms with Crippen molar-refractivity contribution in [3.63, 3.8) is 0 Å². The topological polar surface area (TPSA) is 151 Å². The molecule has 0 saturated carbocycles. The lowest BCUT2D eigenvalue weighted by atomic mass is 9.92. The number of aromatic nitrogens is 2. The van der Waals surface area contributed by atoms with Gasteiger partial charge in [-0.3, -0.25) is 0 Å². The maximum atomic E-state index is 13.2. The molecule has 0 aliphatic rings. The Morgan fingerprint density at radius 1 is 0.933 bits per heavy atom. The predicted octanol–water partition coefficient (Wildman–Crippen LogP) is 5.75. The van der Waals surface area contributed by atoms with Crippen LogP contribution in [0.1, 0.15) is 55.8 Å². The Kier molecular flexibility index (Phi) is 11.4. The number of carboxylic acid groups (broad SMARTS) is 1. The molecule has 10 nitrogen and oxygen atoms in total. The van der Waals surface area contributed by atoms with Crippen molar-refractivity contribution in [2.75, 3.05) is 6.26 Å². The van der Waals surface area contributed by atoms with Crippen LogP contribution in [-0.4, -0.2) is 46.4 Å². The third-order valence-electron chi connectivity index (χ3n) is 7.45. The molecular weight excluding hydrogens is 613 g/mol. The normalized spacial score (nSPS) is 12.8. The maximum absolute atomic E-state index is 13.2. The highest BCUT2D eigenvalue weighted by molar-refractivity contribution is 7.98. The molecule has 4 aromatic rings. The summed E-state index contributed by atoms with van der Waals surface area (Å²) in [6.07, 6.45) is 6.73. The molecular formula is C33H38N4O6S2. The number of carboxylic acids is 1. The number of carbonyl (C=O) groups excluding carboxylic acids is 1. The van der Waals surface area contributed by atoms with Gasteiger partial charge in [-0.05, 0) is 41.9 Å². The number of nitrogens with one attached hydrogen (secondary N) is 2. The number of urea groups is 1. The molecule has 1 unspecified atom stereocenters. The van der Waals surface area contributed by atoms with Gasteiger partial charge in [0.25, 0.3) is 10.0 Å². The Morgan fingerprint density at radius 3 is 2.29 bits per heavy atom. The van der Waals surface area contributed by atoms with E-state index in [4.69, 9.17) is 0 Å². The Hall–Kier alpha value is -4.13. The lowest BCUT2D eigenvalue weighted by Gasteiger charge is -2.26. The fourth-order valence-electron chi connectivity index (χ4n) is 5.10. The summed E-state index contributed by atoms with van der Waals surface area (Å²) in [5, 5.41) is 24.5. The second-order valence-electron chi connectivity index (χ2n) is 10.7. The summed E-state index contributed by atoms with van der Waals surface area (Å²) in [6.45, 7) is 2.48. The maximum Gasteiger partial charge on any atom is 0.342 e. The minimum absolute atomic E-state index is 0.0521. The minimum atomic E-state index is -4.20. The zero-order valence-electron chi connectivity index (χ0n) is 25.3. The Bertz CT molecular complexity index is 1710. The number of sulfonamides is 1. The van der Waals surface area contributed by atoms with Gasteiger partial charge in [0.1, 0.15) is 5.03 Å². The highest BCUT2D eigenvalue weighted by Crippen LogP contribution is 2.35. The van der Waals surface area contributed by atoms with Crippen LogP contribution in [0.3, 0.4) is 0 Å². The highest BCUT2D eigenvalue weighted by atomic mass is 32.2. The minimum Gasteiger partial charge on any atom is -0.479 e. The Labute approximate surface area is 268 Å². The number of aliphatic carboxylic acids is 1. The molecule has 0 radical (unpaired) electrons. The summed E-state index contributed by atoms with van der Waals surface area (Å²) in [5.41, 5.74) is 0.804. The number of thioether (sulfide) groups is 1. The molecule has 0 saturated heterocycles. The van der Waals surface area contributed by atoms with Crippen LogP contribution in [-0.2, 0) is 33.5 Å². The first-order chi connectivity index (χ1) is 21.6. The number of carbonyl (C=O) groups is 2. The van der Waals surface area contributed by atoms with E-state index in [0.717, 1.165) is 30.4 Å². The second-order valence-corrected chi connectivity index (χ2v) is 13.1. The number of nitrogens with zero attached hydrogens (tertiary/aromatic N) is 2. The summed E-state index contributed by atoms with van der Waals surface area (Å²) < 4.78 is 30.2. The summed E-state index contributed by atoms with van der Waals surface area (Å²) in [4.78, 5) is 29.1. The molecule has 0 fully saturated rings. The van der Waals surface area contributed by atoms with Crippen molar-refractivity contribution in [3.05, 3.63) is 102 Å². The number of imidazole rings is 1. The second kappa shape index (κ2) is 15.2. The van der Waals surface area contributed by atoms with Crippen LogP contribution in [0.2, 0.25) is 0 Å². The van der Waals surface area contributed by atoms with E-state index >= 15 is 0 Å². The van der Waals surface area contributed by atoms with Crippen LogP contribution in [0.4, 0.5) is 4.79 Å². The van der Waals surface area contributed by atoms with Gasteiger partial charge in [-0.2, -0.15) is 0 Å². The quantitative estimate of drug-likeness (QED) is 0.0938. The Balaban J connectivity index is 1.54. The third-order valence-corrected chi connectivity index (χ3v) is 9.53. The van der Waals surface area contributed by atoms with Gasteiger partial charge in [0.05, 0.1) is 16.9 Å².